The maximum absolute atomic E-state index is 10.5. The number of aldehydes is 1. The Morgan fingerprint density at radius 3 is 3.12 bits per heavy atom. The van der Waals surface area contributed by atoms with E-state index in [4.69, 9.17) is 4.74 Å². The lowest BCUT2D eigenvalue weighted by atomic mass is 10.3. The van der Waals surface area contributed by atoms with Crippen LogP contribution < -0.4 is 4.74 Å². The van der Waals surface area contributed by atoms with Crippen molar-refractivity contribution in [3.8, 4) is 11.4 Å². The number of carbonyl (C=O) groups is 1. The first-order chi connectivity index (χ1) is 7.85. The Bertz CT molecular complexity index is 493. The zero-order chi connectivity index (χ0) is 11.4. The van der Waals surface area contributed by atoms with Crippen LogP contribution in [0, 0.1) is 0 Å². The fourth-order valence-corrected chi connectivity index (χ4v) is 1.44. The molecule has 0 N–H and O–H groups in total. The minimum atomic E-state index is 0.296. The summed E-state index contributed by atoms with van der Waals surface area (Å²) in [6, 6.07) is 7.43. The summed E-state index contributed by atoms with van der Waals surface area (Å²) in [5.74, 6) is 0.741. The number of nitrogens with zero attached hydrogens (tertiary/aromatic N) is 3. The molecule has 0 amide bonds. The third-order valence-corrected chi connectivity index (χ3v) is 2.21. The summed E-state index contributed by atoms with van der Waals surface area (Å²) in [5, 5.41) is 7.72. The van der Waals surface area contributed by atoms with Gasteiger partial charge in [0.2, 0.25) is 0 Å². The van der Waals surface area contributed by atoms with Gasteiger partial charge in [-0.3, -0.25) is 0 Å². The topological polar surface area (TPSA) is 57.0 Å². The van der Waals surface area contributed by atoms with E-state index in [1.165, 1.54) is 0 Å². The van der Waals surface area contributed by atoms with Gasteiger partial charge in [0, 0.05) is 12.5 Å². The van der Waals surface area contributed by atoms with Crippen molar-refractivity contribution in [3.05, 3.63) is 36.2 Å². The van der Waals surface area contributed by atoms with E-state index < -0.39 is 0 Å². The molecule has 0 fully saturated rings. The molecule has 16 heavy (non-hydrogen) atoms. The SMILES string of the molecule is COc1cccc(-n2nncc2CC=O)c1. The number of ether oxygens (including phenoxy) is 1. The van der Waals surface area contributed by atoms with E-state index in [0.717, 1.165) is 23.4 Å². The van der Waals surface area contributed by atoms with Gasteiger partial charge in [0.1, 0.15) is 12.0 Å². The second-order valence-electron chi connectivity index (χ2n) is 3.21. The molecule has 2 aromatic rings. The zero-order valence-electron chi connectivity index (χ0n) is 8.83. The minimum Gasteiger partial charge on any atom is -0.497 e. The van der Waals surface area contributed by atoms with Crippen LogP contribution in [0.3, 0.4) is 0 Å². The molecule has 1 aromatic carbocycles. The van der Waals surface area contributed by atoms with E-state index in [9.17, 15) is 4.79 Å². The number of hydrogen-bond donors (Lipinski definition) is 0. The lowest BCUT2D eigenvalue weighted by molar-refractivity contribution is -0.107. The van der Waals surface area contributed by atoms with E-state index in [-0.39, 0.29) is 0 Å². The monoisotopic (exact) mass is 217 g/mol. The molecular formula is C11H11N3O2. The highest BCUT2D eigenvalue weighted by molar-refractivity contribution is 5.54. The summed E-state index contributed by atoms with van der Waals surface area (Å²) >= 11 is 0. The summed E-state index contributed by atoms with van der Waals surface area (Å²) in [4.78, 5) is 10.5. The minimum absolute atomic E-state index is 0.296. The fraction of sp³-hybridized carbons (Fsp3) is 0.182. The number of benzene rings is 1. The van der Waals surface area contributed by atoms with Crippen LogP contribution >= 0.6 is 0 Å². The van der Waals surface area contributed by atoms with Crippen molar-refractivity contribution in [1.82, 2.24) is 15.0 Å². The van der Waals surface area contributed by atoms with Gasteiger partial charge in [0.15, 0.2) is 0 Å². The average molecular weight is 217 g/mol. The molecule has 2 rings (SSSR count). The van der Waals surface area contributed by atoms with Gasteiger partial charge < -0.3 is 9.53 Å². The van der Waals surface area contributed by atoms with Crippen LogP contribution in [0.2, 0.25) is 0 Å². The van der Waals surface area contributed by atoms with E-state index in [1.54, 1.807) is 18.0 Å². The van der Waals surface area contributed by atoms with Crippen molar-refractivity contribution < 1.29 is 9.53 Å². The smallest absolute Gasteiger partial charge is 0.126 e. The van der Waals surface area contributed by atoms with Crippen LogP contribution in [-0.4, -0.2) is 28.4 Å². The zero-order valence-corrected chi connectivity index (χ0v) is 8.83. The first-order valence-corrected chi connectivity index (χ1v) is 4.83. The summed E-state index contributed by atoms with van der Waals surface area (Å²) < 4.78 is 6.74. The first kappa shape index (κ1) is 10.4. The highest BCUT2D eigenvalue weighted by Crippen LogP contribution is 2.16. The highest BCUT2D eigenvalue weighted by atomic mass is 16.5. The molecule has 5 heteroatoms. The second-order valence-corrected chi connectivity index (χ2v) is 3.21. The maximum Gasteiger partial charge on any atom is 0.126 e. The normalized spacial score (nSPS) is 10.1. The second kappa shape index (κ2) is 4.57. The van der Waals surface area contributed by atoms with Crippen LogP contribution in [0.15, 0.2) is 30.5 Å². The standard InChI is InChI=1S/C11H11N3O2/c1-16-11-4-2-3-9(7-11)14-10(5-6-15)8-12-13-14/h2-4,6-8H,5H2,1H3. The lowest BCUT2D eigenvalue weighted by Crippen LogP contribution is -2.03. The van der Waals surface area contributed by atoms with Crippen LogP contribution in [0.4, 0.5) is 0 Å². The summed E-state index contributed by atoms with van der Waals surface area (Å²) in [6.45, 7) is 0. The molecule has 0 radical (unpaired) electrons. The Kier molecular flexibility index (Phi) is 2.95. The molecule has 0 spiro atoms. The number of rotatable bonds is 4. The molecule has 0 aliphatic rings. The van der Waals surface area contributed by atoms with Crippen molar-refractivity contribution in [2.45, 2.75) is 6.42 Å². The van der Waals surface area contributed by atoms with Crippen LogP contribution in [0.5, 0.6) is 5.75 Å². The summed E-state index contributed by atoms with van der Waals surface area (Å²) in [6.07, 6.45) is 2.70. The summed E-state index contributed by atoms with van der Waals surface area (Å²) in [5.41, 5.74) is 1.58. The van der Waals surface area contributed by atoms with Crippen molar-refractivity contribution in [1.29, 1.82) is 0 Å². The molecule has 0 saturated heterocycles. The maximum atomic E-state index is 10.5. The Morgan fingerprint density at radius 1 is 1.50 bits per heavy atom. The molecule has 1 aromatic heterocycles. The molecular weight excluding hydrogens is 206 g/mol. The Balaban J connectivity index is 2.41. The van der Waals surface area contributed by atoms with Gasteiger partial charge in [-0.05, 0) is 12.1 Å². The van der Waals surface area contributed by atoms with Gasteiger partial charge in [-0.25, -0.2) is 4.68 Å². The van der Waals surface area contributed by atoms with Crippen molar-refractivity contribution in [2.24, 2.45) is 0 Å². The van der Waals surface area contributed by atoms with E-state index in [0.29, 0.717) is 6.42 Å². The third kappa shape index (κ3) is 1.93. The van der Waals surface area contributed by atoms with Gasteiger partial charge in [0.25, 0.3) is 0 Å². The number of hydrogen-bond acceptors (Lipinski definition) is 4. The molecule has 0 aliphatic heterocycles. The molecule has 82 valence electrons. The van der Waals surface area contributed by atoms with Crippen LogP contribution in [-0.2, 0) is 11.2 Å². The number of methoxy groups -OCH3 is 1. The van der Waals surface area contributed by atoms with Gasteiger partial charge in [-0.15, -0.1) is 5.10 Å². The van der Waals surface area contributed by atoms with E-state index in [2.05, 4.69) is 10.3 Å². The lowest BCUT2D eigenvalue weighted by Gasteiger charge is -2.05. The van der Waals surface area contributed by atoms with Gasteiger partial charge >= 0.3 is 0 Å². The average Bonchev–Trinajstić information content (AvgIpc) is 2.78. The predicted molar refractivity (Wildman–Crippen MR) is 57.7 cm³/mol. The van der Waals surface area contributed by atoms with E-state index >= 15 is 0 Å². The number of carbonyl (C=O) groups excluding carboxylic acids is 1. The fourth-order valence-electron chi connectivity index (χ4n) is 1.44. The molecule has 5 nitrogen and oxygen atoms in total. The van der Waals surface area contributed by atoms with Crippen LogP contribution in [0.1, 0.15) is 5.69 Å². The number of aromatic nitrogens is 3. The van der Waals surface area contributed by atoms with Gasteiger partial charge in [0.05, 0.1) is 24.7 Å². The van der Waals surface area contributed by atoms with Crippen LogP contribution in [0.25, 0.3) is 5.69 Å². The highest BCUT2D eigenvalue weighted by Gasteiger charge is 2.06. The Hall–Kier alpha value is -2.17. The Labute approximate surface area is 92.7 Å². The largest absolute Gasteiger partial charge is 0.497 e. The quantitative estimate of drug-likeness (QED) is 0.717. The Morgan fingerprint density at radius 2 is 2.38 bits per heavy atom. The third-order valence-electron chi connectivity index (χ3n) is 2.21. The van der Waals surface area contributed by atoms with Crippen molar-refractivity contribution >= 4 is 6.29 Å². The molecule has 0 atom stereocenters. The van der Waals surface area contributed by atoms with Gasteiger partial charge in [-0.1, -0.05) is 11.3 Å². The molecule has 0 bridgehead atoms. The van der Waals surface area contributed by atoms with Crippen molar-refractivity contribution in [3.63, 3.8) is 0 Å². The molecule has 0 aliphatic carbocycles. The van der Waals surface area contributed by atoms with Crippen molar-refractivity contribution in [2.75, 3.05) is 7.11 Å². The molecule has 0 unspecified atom stereocenters. The first-order valence-electron chi connectivity index (χ1n) is 4.83. The molecule has 1 heterocycles. The summed E-state index contributed by atoms with van der Waals surface area (Å²) in [7, 11) is 1.60. The van der Waals surface area contributed by atoms with E-state index in [1.807, 2.05) is 24.3 Å². The molecule has 0 saturated carbocycles. The van der Waals surface area contributed by atoms with Gasteiger partial charge in [-0.2, -0.15) is 0 Å². The predicted octanol–water partition coefficient (Wildman–Crippen LogP) is 1.02.